The number of hydrogen-bond donors (Lipinski definition) is 0. The first kappa shape index (κ1) is 51.2. The van der Waals surface area contributed by atoms with Crippen LogP contribution in [0.4, 0.5) is 0 Å². The van der Waals surface area contributed by atoms with E-state index in [1.165, 1.54) is 33.4 Å². The van der Waals surface area contributed by atoms with Crippen LogP contribution in [0, 0.1) is 31.6 Å². The summed E-state index contributed by atoms with van der Waals surface area (Å²) in [7, 11) is 0. The number of thiol groups is 1. The molecule has 0 aromatic rings. The molecule has 7 heteroatoms. The van der Waals surface area contributed by atoms with Crippen molar-refractivity contribution in [3.05, 3.63) is 48.9 Å². The summed E-state index contributed by atoms with van der Waals surface area (Å²) in [6.07, 6.45) is 42.5. The third kappa shape index (κ3) is 16.2. The van der Waals surface area contributed by atoms with Crippen LogP contribution in [0.15, 0.2) is 23.4 Å². The summed E-state index contributed by atoms with van der Waals surface area (Å²) in [5.74, 6) is 0.755. The molecule has 5 fully saturated rings. The molecule has 51 heavy (non-hydrogen) atoms. The van der Waals surface area contributed by atoms with Gasteiger partial charge in [-0.05, 0) is 22.3 Å². The molecule has 0 amide bonds. The fraction of sp³-hybridized carbons (Fsp3) is 0.864. The summed E-state index contributed by atoms with van der Waals surface area (Å²) >= 11 is -2.60. The molecule has 4 saturated carbocycles. The fourth-order valence-corrected chi connectivity index (χ4v) is 94.0. The summed E-state index contributed by atoms with van der Waals surface area (Å²) in [5, 5.41) is 9.57. The Morgan fingerprint density at radius 3 is 1.35 bits per heavy atom. The Bertz CT molecular complexity index is 910. The molecular formula is C44H81N2PtS2Sn2-5. The van der Waals surface area contributed by atoms with Gasteiger partial charge in [-0.3, -0.25) is 0 Å². The number of allylic oxidation sites excluding steroid dienone is 2. The van der Waals surface area contributed by atoms with Crippen LogP contribution in [-0.2, 0) is 34.6 Å². The first-order chi connectivity index (χ1) is 22.6. The van der Waals surface area contributed by atoms with Crippen LogP contribution in [0.5, 0.6) is 0 Å². The van der Waals surface area contributed by atoms with Gasteiger partial charge in [-0.15, -0.1) is 19.1 Å². The quantitative estimate of drug-likeness (QED) is 0.110. The predicted octanol–water partition coefficient (Wildman–Crippen LogP) is 15.1. The van der Waals surface area contributed by atoms with Crippen molar-refractivity contribution in [1.29, 1.82) is 0 Å². The smallest absolute Gasteiger partial charge is 0 e. The topological polar surface area (TPSA) is 28.2 Å². The van der Waals surface area contributed by atoms with Crippen LogP contribution in [0.2, 0.25) is 15.7 Å². The second-order valence-corrected chi connectivity index (χ2v) is 52.5. The molecular weight excluding hydrogens is 1050 g/mol. The summed E-state index contributed by atoms with van der Waals surface area (Å²) in [6, 6.07) is 0.319. The largest absolute Gasteiger partial charge is 0.813 e. The molecule has 6 aliphatic rings. The Balaban J connectivity index is 0.000000491. The molecule has 2 radical (unpaired) electrons. The van der Waals surface area contributed by atoms with Crippen LogP contribution < -0.4 is 0 Å². The summed E-state index contributed by atoms with van der Waals surface area (Å²) in [6.45, 7) is 15.7. The Morgan fingerprint density at radius 2 is 1.00 bits per heavy atom. The predicted molar refractivity (Wildman–Crippen MR) is 236 cm³/mol. The first-order valence-electron chi connectivity index (χ1n) is 20.8. The van der Waals surface area contributed by atoms with Gasteiger partial charge in [-0.1, -0.05) is 66.5 Å². The standard InChI is InChI=1S/C18H30N2.4C6H11.2CH3.Pt.H2S.S.2Sn/c1-17(2,3)13-7-9-19-15(11-13)16-12-14(8-10-20-16)18(4,5)6;4*1-2-4-6-5-3-1;;;;;;;/h7,11,14,16H,8-10,12H2,1-6H3;4*1H,2-6H2;2*1H3;;1H2;;;/q-2;;;;;2*-1;;;;;/p-1. The Labute approximate surface area is 357 Å². The summed E-state index contributed by atoms with van der Waals surface area (Å²) in [4.78, 5) is 0. The maximum atomic E-state index is 4.84. The maximum Gasteiger partial charge on any atom is 0 e. The van der Waals surface area contributed by atoms with Crippen LogP contribution in [0.1, 0.15) is 183 Å². The molecule has 0 N–H and O–H groups in total. The van der Waals surface area contributed by atoms with Crippen molar-refractivity contribution >= 4 is 56.4 Å². The molecule has 2 heterocycles. The van der Waals surface area contributed by atoms with Crippen LogP contribution in [0.3, 0.4) is 0 Å². The molecule has 0 spiro atoms. The van der Waals surface area contributed by atoms with Crippen molar-refractivity contribution in [3.63, 3.8) is 0 Å². The first-order valence-corrected chi connectivity index (χ1v) is 35.2. The molecule has 1 saturated heterocycles. The Hall–Kier alpha value is 2.23. The third-order valence-electron chi connectivity index (χ3n) is 12.9. The van der Waals surface area contributed by atoms with E-state index in [0.29, 0.717) is 11.5 Å². The van der Waals surface area contributed by atoms with Crippen molar-refractivity contribution in [2.24, 2.45) is 16.7 Å². The summed E-state index contributed by atoms with van der Waals surface area (Å²) < 4.78 is 5.27. The molecule has 302 valence electrons. The molecule has 0 aromatic heterocycles. The maximum absolute atomic E-state index is 4.84. The fourth-order valence-electron chi connectivity index (χ4n) is 9.77. The van der Waals surface area contributed by atoms with Crippen LogP contribution in [-0.4, -0.2) is 55.9 Å². The van der Waals surface area contributed by atoms with Gasteiger partial charge in [0, 0.05) is 21.1 Å². The number of piperidine rings is 1. The van der Waals surface area contributed by atoms with Gasteiger partial charge in [0.15, 0.2) is 0 Å². The van der Waals surface area contributed by atoms with Crippen LogP contribution >= 0.6 is 6.13 Å². The van der Waals surface area contributed by atoms with E-state index in [-0.39, 0.29) is 54.8 Å². The van der Waals surface area contributed by atoms with Gasteiger partial charge in [-0.25, -0.2) is 0 Å². The molecule has 0 bridgehead atoms. The SMILES string of the molecule is C1CC[CH]([Sn]([S][Sn]([CH]2CCCCC2)[CH]2CCCCC2)[CH]2CCCCC2)CC1.CC(C)(C)C1=CC[N-]C(C2CC(C(C)(C)C)CC[N-]2)=C1.[CH3-].[CH3-].[Pt].[SH-]. The number of nitrogens with zero attached hydrogens (tertiary/aromatic N) is 2. The molecule has 0 aromatic carbocycles. The van der Waals surface area contributed by atoms with E-state index in [4.69, 9.17) is 10.6 Å². The molecule has 2 unspecified atom stereocenters. The van der Waals surface area contributed by atoms with Crippen molar-refractivity contribution in [2.45, 2.75) is 205 Å². The molecule has 2 atom stereocenters. The van der Waals surface area contributed by atoms with Crippen molar-refractivity contribution < 1.29 is 21.1 Å². The zero-order valence-corrected chi connectivity index (χ0v) is 44.3. The number of rotatable bonds is 7. The van der Waals surface area contributed by atoms with Gasteiger partial charge in [-0.2, -0.15) is 5.70 Å². The second kappa shape index (κ2) is 25.6. The normalized spacial score (nSPS) is 26.1. The minimum atomic E-state index is -1.30. The van der Waals surface area contributed by atoms with Gasteiger partial charge < -0.3 is 39.0 Å². The monoisotopic (exact) mass is 1140 g/mol. The minimum absolute atomic E-state index is 0. The van der Waals surface area contributed by atoms with Crippen molar-refractivity contribution in [2.75, 3.05) is 13.1 Å². The van der Waals surface area contributed by atoms with E-state index in [0.717, 1.165) is 25.4 Å². The van der Waals surface area contributed by atoms with Gasteiger partial charge in [0.05, 0.1) is 0 Å². The van der Waals surface area contributed by atoms with Crippen LogP contribution in [0.25, 0.3) is 10.6 Å². The van der Waals surface area contributed by atoms with E-state index in [1.54, 1.807) is 128 Å². The zero-order valence-electron chi connectivity index (χ0n) is 34.7. The Morgan fingerprint density at radius 1 is 0.608 bits per heavy atom. The van der Waals surface area contributed by atoms with E-state index < -0.39 is 36.8 Å². The molecule has 2 nitrogen and oxygen atoms in total. The molecule has 2 aliphatic heterocycles. The number of hydrogen-bond acceptors (Lipinski definition) is 2. The average molecular weight is 1130 g/mol. The van der Waals surface area contributed by atoms with Gasteiger partial charge in [0.2, 0.25) is 0 Å². The van der Waals surface area contributed by atoms with E-state index in [9.17, 15) is 0 Å². The van der Waals surface area contributed by atoms with E-state index >= 15 is 0 Å². The summed E-state index contributed by atoms with van der Waals surface area (Å²) in [5.41, 5.74) is 3.22. The zero-order chi connectivity index (χ0) is 33.3. The van der Waals surface area contributed by atoms with E-state index in [1.807, 2.05) is 0 Å². The molecule has 6 rings (SSSR count). The van der Waals surface area contributed by atoms with Crippen molar-refractivity contribution in [1.82, 2.24) is 0 Å². The van der Waals surface area contributed by atoms with Gasteiger partial charge in [0.25, 0.3) is 0 Å². The third-order valence-corrected chi connectivity index (χ3v) is 69.2. The average Bonchev–Trinajstić information content (AvgIpc) is 3.10. The molecule has 4 aliphatic carbocycles. The Kier molecular flexibility index (Phi) is 25.7. The second-order valence-electron chi connectivity index (χ2n) is 18.6. The minimum Gasteiger partial charge on any atom is -0.813 e. The van der Waals surface area contributed by atoms with Crippen molar-refractivity contribution in [3.8, 4) is 0 Å². The van der Waals surface area contributed by atoms with Gasteiger partial charge >= 0.3 is 187 Å². The van der Waals surface area contributed by atoms with Gasteiger partial charge in [0.1, 0.15) is 0 Å². The van der Waals surface area contributed by atoms with E-state index in [2.05, 4.69) is 59.8 Å².